The summed E-state index contributed by atoms with van der Waals surface area (Å²) in [4.78, 5) is 18.6. The molecule has 2 heterocycles. The lowest BCUT2D eigenvalue weighted by Gasteiger charge is -2.38. The highest BCUT2D eigenvalue weighted by molar-refractivity contribution is 5.61. The molecule has 0 amide bonds. The first-order valence-electron chi connectivity index (χ1n) is 6.65. The Morgan fingerprint density at radius 3 is 2.60 bits per heavy atom. The normalized spacial score (nSPS) is 17.2. The van der Waals surface area contributed by atoms with E-state index in [-0.39, 0.29) is 5.69 Å². The lowest BCUT2D eigenvalue weighted by Crippen LogP contribution is -2.50. The molecule has 1 aliphatic heterocycles. The summed E-state index contributed by atoms with van der Waals surface area (Å²) in [5.74, 6) is 0. The molecule has 7 heteroatoms. The number of piperazine rings is 1. The summed E-state index contributed by atoms with van der Waals surface area (Å²) in [6.07, 6.45) is 2.87. The SMILES string of the molecule is CC(C)(O)CN1CCN(c2ccncc2[N+](=O)[O-])CC1. The third-order valence-corrected chi connectivity index (χ3v) is 3.30. The molecule has 0 bridgehead atoms. The van der Waals surface area contributed by atoms with E-state index in [2.05, 4.69) is 9.88 Å². The number of pyridine rings is 1. The molecule has 0 aliphatic carbocycles. The summed E-state index contributed by atoms with van der Waals surface area (Å²) >= 11 is 0. The van der Waals surface area contributed by atoms with Crippen LogP contribution in [0.2, 0.25) is 0 Å². The van der Waals surface area contributed by atoms with Gasteiger partial charge in [0.15, 0.2) is 0 Å². The molecule has 110 valence electrons. The third-order valence-electron chi connectivity index (χ3n) is 3.30. The Morgan fingerprint density at radius 1 is 1.40 bits per heavy atom. The fourth-order valence-corrected chi connectivity index (χ4v) is 2.48. The largest absolute Gasteiger partial charge is 0.389 e. The van der Waals surface area contributed by atoms with Crippen LogP contribution in [0.15, 0.2) is 18.5 Å². The van der Waals surface area contributed by atoms with E-state index in [9.17, 15) is 15.2 Å². The number of aliphatic hydroxyl groups is 1. The number of aromatic nitrogens is 1. The van der Waals surface area contributed by atoms with Crippen molar-refractivity contribution >= 4 is 11.4 Å². The molecule has 1 fully saturated rings. The van der Waals surface area contributed by atoms with E-state index in [1.165, 1.54) is 6.20 Å². The number of hydrogen-bond acceptors (Lipinski definition) is 6. The molecule has 0 radical (unpaired) electrons. The van der Waals surface area contributed by atoms with E-state index >= 15 is 0 Å². The van der Waals surface area contributed by atoms with Gasteiger partial charge in [0.1, 0.15) is 11.9 Å². The van der Waals surface area contributed by atoms with Crippen molar-refractivity contribution in [2.45, 2.75) is 19.4 Å². The Balaban J connectivity index is 2.03. The zero-order chi connectivity index (χ0) is 14.8. The van der Waals surface area contributed by atoms with E-state index in [0.717, 1.165) is 13.1 Å². The molecule has 2 rings (SSSR count). The predicted molar refractivity (Wildman–Crippen MR) is 75.8 cm³/mol. The summed E-state index contributed by atoms with van der Waals surface area (Å²) in [7, 11) is 0. The van der Waals surface area contributed by atoms with Crippen molar-refractivity contribution in [1.29, 1.82) is 0 Å². The molecule has 20 heavy (non-hydrogen) atoms. The van der Waals surface area contributed by atoms with Gasteiger partial charge >= 0.3 is 5.69 Å². The molecule has 0 spiro atoms. The first kappa shape index (κ1) is 14.7. The zero-order valence-electron chi connectivity index (χ0n) is 11.8. The van der Waals surface area contributed by atoms with E-state index in [0.29, 0.717) is 25.3 Å². The molecule has 1 aromatic rings. The van der Waals surface area contributed by atoms with Crippen molar-refractivity contribution in [2.24, 2.45) is 0 Å². The summed E-state index contributed by atoms with van der Waals surface area (Å²) in [6.45, 7) is 7.16. The van der Waals surface area contributed by atoms with Crippen molar-refractivity contribution in [3.05, 3.63) is 28.6 Å². The van der Waals surface area contributed by atoms with Gasteiger partial charge in [-0.15, -0.1) is 0 Å². The van der Waals surface area contributed by atoms with Crippen molar-refractivity contribution in [2.75, 3.05) is 37.6 Å². The van der Waals surface area contributed by atoms with Gasteiger partial charge in [-0.2, -0.15) is 0 Å². The maximum Gasteiger partial charge on any atom is 0.310 e. The average Bonchev–Trinajstić information content (AvgIpc) is 2.38. The molecule has 1 N–H and O–H groups in total. The molecule has 1 aliphatic rings. The molecular formula is C13H20N4O3. The lowest BCUT2D eigenvalue weighted by molar-refractivity contribution is -0.384. The van der Waals surface area contributed by atoms with E-state index in [1.807, 2.05) is 4.90 Å². The van der Waals surface area contributed by atoms with Crippen molar-refractivity contribution < 1.29 is 10.0 Å². The van der Waals surface area contributed by atoms with Gasteiger partial charge < -0.3 is 10.0 Å². The first-order chi connectivity index (χ1) is 9.37. The third kappa shape index (κ3) is 3.64. The first-order valence-corrected chi connectivity index (χ1v) is 6.65. The molecule has 7 nitrogen and oxygen atoms in total. The van der Waals surface area contributed by atoms with Crippen molar-refractivity contribution in [3.8, 4) is 0 Å². The smallest absolute Gasteiger partial charge is 0.310 e. The summed E-state index contributed by atoms with van der Waals surface area (Å²) in [5, 5.41) is 20.8. The molecule has 0 atom stereocenters. The standard InChI is InChI=1S/C13H20N4O3/c1-13(2,18)10-15-5-7-16(8-6-15)11-3-4-14-9-12(11)17(19)20/h3-4,9,18H,5-8,10H2,1-2H3. The second-order valence-electron chi connectivity index (χ2n) is 5.70. The van der Waals surface area contributed by atoms with E-state index in [1.54, 1.807) is 26.1 Å². The summed E-state index contributed by atoms with van der Waals surface area (Å²) in [5.41, 5.74) is -0.0541. The Kier molecular flexibility index (Phi) is 4.20. The molecule has 0 unspecified atom stereocenters. The minimum Gasteiger partial charge on any atom is -0.389 e. The average molecular weight is 280 g/mol. The number of rotatable bonds is 4. The molecule has 0 saturated carbocycles. The van der Waals surface area contributed by atoms with Gasteiger partial charge in [0.05, 0.1) is 10.5 Å². The van der Waals surface area contributed by atoms with Gasteiger partial charge in [0.25, 0.3) is 0 Å². The quantitative estimate of drug-likeness (QED) is 0.651. The number of anilines is 1. The fraction of sp³-hybridized carbons (Fsp3) is 0.615. The van der Waals surface area contributed by atoms with Gasteiger partial charge in [0.2, 0.25) is 0 Å². The summed E-state index contributed by atoms with van der Waals surface area (Å²) < 4.78 is 0. The van der Waals surface area contributed by atoms with Crippen molar-refractivity contribution in [1.82, 2.24) is 9.88 Å². The molecule has 0 aromatic carbocycles. The maximum atomic E-state index is 11.0. The van der Waals surface area contributed by atoms with Crippen LogP contribution in [-0.2, 0) is 0 Å². The minimum absolute atomic E-state index is 0.0449. The number of nitrogens with zero attached hydrogens (tertiary/aromatic N) is 4. The zero-order valence-corrected chi connectivity index (χ0v) is 11.8. The fourth-order valence-electron chi connectivity index (χ4n) is 2.48. The maximum absolute atomic E-state index is 11.0. The molecule has 1 aromatic heterocycles. The number of nitro groups is 1. The van der Waals surface area contributed by atoms with E-state index < -0.39 is 10.5 Å². The van der Waals surface area contributed by atoms with Crippen LogP contribution in [0.25, 0.3) is 0 Å². The highest BCUT2D eigenvalue weighted by atomic mass is 16.6. The number of hydrogen-bond donors (Lipinski definition) is 1. The summed E-state index contributed by atoms with van der Waals surface area (Å²) in [6, 6.07) is 1.68. The second-order valence-corrected chi connectivity index (χ2v) is 5.70. The lowest BCUT2D eigenvalue weighted by atomic mass is 10.1. The van der Waals surface area contributed by atoms with Gasteiger partial charge in [0, 0.05) is 38.9 Å². The van der Waals surface area contributed by atoms with Crippen LogP contribution in [0.4, 0.5) is 11.4 Å². The van der Waals surface area contributed by atoms with Gasteiger partial charge in [-0.1, -0.05) is 0 Å². The van der Waals surface area contributed by atoms with Gasteiger partial charge in [-0.3, -0.25) is 20.0 Å². The topological polar surface area (TPSA) is 82.7 Å². The van der Waals surface area contributed by atoms with Crippen LogP contribution in [-0.4, -0.2) is 58.2 Å². The van der Waals surface area contributed by atoms with E-state index in [4.69, 9.17) is 0 Å². The Hall–Kier alpha value is -1.73. The monoisotopic (exact) mass is 280 g/mol. The Morgan fingerprint density at radius 2 is 2.05 bits per heavy atom. The molecular weight excluding hydrogens is 260 g/mol. The second kappa shape index (κ2) is 5.72. The Bertz CT molecular complexity index is 479. The van der Waals surface area contributed by atoms with Crippen molar-refractivity contribution in [3.63, 3.8) is 0 Å². The van der Waals surface area contributed by atoms with Gasteiger partial charge in [-0.25, -0.2) is 0 Å². The predicted octanol–water partition coefficient (Wildman–Crippen LogP) is 0.883. The van der Waals surface area contributed by atoms with Crippen LogP contribution in [0.1, 0.15) is 13.8 Å². The van der Waals surface area contributed by atoms with Gasteiger partial charge in [-0.05, 0) is 19.9 Å². The highest BCUT2D eigenvalue weighted by Crippen LogP contribution is 2.27. The number of β-amino-alcohol motifs (C(OH)–C–C–N with tert-alkyl or cyclic N) is 1. The van der Waals surface area contributed by atoms with Crippen LogP contribution in [0, 0.1) is 10.1 Å². The van der Waals surface area contributed by atoms with Crippen LogP contribution < -0.4 is 4.90 Å². The highest BCUT2D eigenvalue weighted by Gasteiger charge is 2.26. The van der Waals surface area contributed by atoms with Crippen LogP contribution >= 0.6 is 0 Å². The van der Waals surface area contributed by atoms with Crippen LogP contribution in [0.3, 0.4) is 0 Å². The molecule has 1 saturated heterocycles. The Labute approximate surface area is 118 Å². The minimum atomic E-state index is -0.717. The van der Waals surface area contributed by atoms with Crippen LogP contribution in [0.5, 0.6) is 0 Å².